The smallest absolute Gasteiger partial charge is 0.421 e. The highest BCUT2D eigenvalue weighted by Crippen LogP contribution is 2.67. The number of para-hydroxylation sites is 2. The van der Waals surface area contributed by atoms with E-state index in [2.05, 4.69) is 17.2 Å². The number of hydrogen-bond donors (Lipinski definition) is 2. The number of hydrogen-bond acceptors (Lipinski definition) is 13. The van der Waals surface area contributed by atoms with Gasteiger partial charge in [0.2, 0.25) is 11.8 Å². The fourth-order valence-corrected chi connectivity index (χ4v) is 11.0. The van der Waals surface area contributed by atoms with Crippen molar-refractivity contribution in [2.75, 3.05) is 50.9 Å². The number of cyclic esters (lactones) is 1. The van der Waals surface area contributed by atoms with E-state index in [9.17, 15) is 9.90 Å². The van der Waals surface area contributed by atoms with Gasteiger partial charge in [0.05, 0.1) is 54.2 Å². The number of rotatable bonds is 12. The Hall–Kier alpha value is -7.87. The van der Waals surface area contributed by atoms with Gasteiger partial charge in [0.25, 0.3) is 0 Å². The van der Waals surface area contributed by atoms with Crippen LogP contribution in [0.15, 0.2) is 152 Å². The number of morpholine rings is 1. The molecule has 4 heterocycles. The van der Waals surface area contributed by atoms with Crippen molar-refractivity contribution in [1.82, 2.24) is 9.88 Å². The van der Waals surface area contributed by atoms with Crippen LogP contribution in [0.3, 0.4) is 0 Å². The van der Waals surface area contributed by atoms with Gasteiger partial charge in [-0.2, -0.15) is 0 Å². The van der Waals surface area contributed by atoms with Crippen molar-refractivity contribution in [2.45, 2.75) is 29.6 Å². The molecule has 3 aliphatic heterocycles. The van der Waals surface area contributed by atoms with Gasteiger partial charge in [-0.05, 0) is 77.4 Å². The highest BCUT2D eigenvalue weighted by Gasteiger charge is 2.76. The first-order valence-electron chi connectivity index (χ1n) is 22.6. The number of nitrogens with zero attached hydrogens (tertiary/aromatic N) is 3. The number of aromatic nitrogens is 1. The fraction of sp³-hybridized carbons (Fsp3) is 0.218. The van der Waals surface area contributed by atoms with Crippen molar-refractivity contribution in [3.05, 3.63) is 185 Å². The third kappa shape index (κ3) is 8.10. The predicted molar refractivity (Wildman–Crippen MR) is 261 cm³/mol. The zero-order chi connectivity index (χ0) is 48.4. The maximum absolute atomic E-state index is 16.6. The van der Waals surface area contributed by atoms with Gasteiger partial charge in [-0.1, -0.05) is 114 Å². The number of fused-ring (bicyclic) bond motifs is 4. The Balaban J connectivity index is 1.28. The Bertz CT molecular complexity index is 3120. The number of nitrogens with one attached hydrogen (secondary N) is 1. The van der Waals surface area contributed by atoms with Crippen molar-refractivity contribution >= 4 is 56.2 Å². The molecule has 14 nitrogen and oxygen atoms in total. The summed E-state index contributed by atoms with van der Waals surface area (Å²) < 4.78 is 30.0. The van der Waals surface area contributed by atoms with Crippen LogP contribution in [0.2, 0.25) is 0 Å². The molecule has 2 N–H and O–H groups in total. The second kappa shape index (κ2) is 19.6. The maximum atomic E-state index is 16.6. The van der Waals surface area contributed by atoms with E-state index in [1.54, 1.807) is 61.7 Å². The second-order valence-electron chi connectivity index (χ2n) is 16.8. The number of aliphatic hydroxyl groups is 1. The van der Waals surface area contributed by atoms with Crippen molar-refractivity contribution in [2.24, 2.45) is 5.92 Å². The lowest BCUT2D eigenvalue weighted by molar-refractivity contribution is -0.177. The normalized spacial score (nSPS) is 21.4. The van der Waals surface area contributed by atoms with E-state index in [4.69, 9.17) is 28.7 Å². The first-order chi connectivity index (χ1) is 34.3. The lowest BCUT2D eigenvalue weighted by Gasteiger charge is -2.46. The second-order valence-corrected chi connectivity index (χ2v) is 17.8. The van der Waals surface area contributed by atoms with Crippen LogP contribution in [0.5, 0.6) is 11.5 Å². The molecular weight excluding hydrogens is 909 g/mol. The summed E-state index contributed by atoms with van der Waals surface area (Å²) in [6, 6.07) is 41.8. The summed E-state index contributed by atoms with van der Waals surface area (Å²) in [4.78, 5) is 70.3. The number of imide groups is 1. The van der Waals surface area contributed by atoms with Gasteiger partial charge in [0.1, 0.15) is 42.3 Å². The number of ether oxygens (including phenoxy) is 5. The quantitative estimate of drug-likeness (QED) is 0.0687. The largest absolute Gasteiger partial charge is 0.497 e. The van der Waals surface area contributed by atoms with E-state index < -0.39 is 59.4 Å². The van der Waals surface area contributed by atoms with Gasteiger partial charge < -0.3 is 34.1 Å². The van der Waals surface area contributed by atoms with Crippen LogP contribution in [0, 0.1) is 17.8 Å². The number of thiazole rings is 1. The maximum Gasteiger partial charge on any atom is 0.421 e. The summed E-state index contributed by atoms with van der Waals surface area (Å²) in [6.07, 6.45) is -1.98. The van der Waals surface area contributed by atoms with Crippen LogP contribution in [0.25, 0.3) is 10.2 Å². The van der Waals surface area contributed by atoms with E-state index in [1.165, 1.54) is 18.4 Å². The summed E-state index contributed by atoms with van der Waals surface area (Å²) in [6.45, 7) is -0.603. The monoisotopic (exact) mass is 954 g/mol. The van der Waals surface area contributed by atoms with Crippen LogP contribution in [0.4, 0.5) is 15.6 Å². The first-order valence-corrected chi connectivity index (χ1v) is 23.5. The zero-order valence-electron chi connectivity index (χ0n) is 38.0. The van der Waals surface area contributed by atoms with E-state index in [0.717, 1.165) is 15.2 Å². The van der Waals surface area contributed by atoms with Crippen LogP contribution >= 0.6 is 11.3 Å². The highest BCUT2D eigenvalue weighted by molar-refractivity contribution is 7.22. The van der Waals surface area contributed by atoms with Crippen LogP contribution in [0.1, 0.15) is 51.6 Å². The Morgan fingerprint density at radius 3 is 2.20 bits per heavy atom. The Kier molecular flexibility index (Phi) is 12.9. The molecule has 1 aromatic heterocycles. The molecule has 352 valence electrons. The van der Waals surface area contributed by atoms with E-state index in [0.29, 0.717) is 33.5 Å². The molecule has 3 amide bonds. The number of carbonyl (C=O) groups is 4. The molecule has 0 aliphatic carbocycles. The van der Waals surface area contributed by atoms with Crippen LogP contribution in [-0.4, -0.2) is 85.6 Å². The number of benzene rings is 6. The van der Waals surface area contributed by atoms with E-state index >= 15 is 14.4 Å². The summed E-state index contributed by atoms with van der Waals surface area (Å²) >= 11 is 1.24. The minimum atomic E-state index is -2.14. The topological polar surface area (TPSA) is 166 Å². The van der Waals surface area contributed by atoms with Crippen molar-refractivity contribution < 1.29 is 48.0 Å². The van der Waals surface area contributed by atoms with Gasteiger partial charge in [0, 0.05) is 23.8 Å². The van der Waals surface area contributed by atoms with Gasteiger partial charge in [-0.15, -0.1) is 0 Å². The molecule has 0 radical (unpaired) electrons. The summed E-state index contributed by atoms with van der Waals surface area (Å²) in [5.74, 6) is 3.42. The van der Waals surface area contributed by atoms with Crippen molar-refractivity contribution in [3.8, 4) is 23.3 Å². The van der Waals surface area contributed by atoms with Crippen molar-refractivity contribution in [1.29, 1.82) is 0 Å². The standard InChI is InChI=1S/C55H46N4O10S/c1-65-31-32-68-54(64)58-42-28-25-35(22-21-34-23-26-38(66-2)27-24-34)33-40(42)55(52(58)63)45(50(61)57-53-56-41-18-10-12-20-44(41)70-53)47-51(62)69-48(37-15-7-4-8-16-37)46(36-13-5-3-6-14-36)59(47)49(55)39-17-9-11-19-43(39)67-30-29-60/h3-20,23-28,33,45-49,60H,29-32H2,1-2H3,(H,56,57,61). The summed E-state index contributed by atoms with van der Waals surface area (Å²) in [5.41, 5.74) is 1.77. The Morgan fingerprint density at radius 2 is 1.47 bits per heavy atom. The molecule has 0 bridgehead atoms. The molecular formula is C55H46N4O10S. The van der Waals surface area contributed by atoms with Gasteiger partial charge in [0.15, 0.2) is 5.13 Å². The Labute approximate surface area is 407 Å². The average molecular weight is 955 g/mol. The molecule has 10 rings (SSSR count). The third-order valence-electron chi connectivity index (χ3n) is 13.0. The van der Waals surface area contributed by atoms with Gasteiger partial charge >= 0.3 is 12.1 Å². The molecule has 2 saturated heterocycles. The van der Waals surface area contributed by atoms with Crippen LogP contribution in [-0.2, 0) is 34.0 Å². The molecule has 6 aromatic carbocycles. The third-order valence-corrected chi connectivity index (χ3v) is 13.9. The fourth-order valence-electron chi connectivity index (χ4n) is 10.1. The Morgan fingerprint density at radius 1 is 0.786 bits per heavy atom. The molecule has 1 spiro atoms. The predicted octanol–water partition coefficient (Wildman–Crippen LogP) is 8.16. The van der Waals surface area contributed by atoms with Crippen LogP contribution < -0.4 is 19.7 Å². The molecule has 6 atom stereocenters. The van der Waals surface area contributed by atoms with E-state index in [1.807, 2.05) is 102 Å². The number of carbonyl (C=O) groups excluding carboxylic acids is 4. The van der Waals surface area contributed by atoms with Gasteiger partial charge in [-0.25, -0.2) is 14.7 Å². The number of methoxy groups -OCH3 is 2. The minimum Gasteiger partial charge on any atom is -0.497 e. The molecule has 3 aliphatic rings. The lowest BCUT2D eigenvalue weighted by Crippen LogP contribution is -2.54. The lowest BCUT2D eigenvalue weighted by atomic mass is 9.65. The van der Waals surface area contributed by atoms with E-state index in [-0.39, 0.29) is 48.6 Å². The number of aliphatic hydroxyl groups excluding tert-OH is 1. The zero-order valence-corrected chi connectivity index (χ0v) is 38.8. The first kappa shape index (κ1) is 45.9. The van der Waals surface area contributed by atoms with Gasteiger partial charge in [-0.3, -0.25) is 19.3 Å². The van der Waals surface area contributed by atoms with Crippen molar-refractivity contribution in [3.63, 3.8) is 0 Å². The molecule has 6 unspecified atom stereocenters. The number of esters is 1. The summed E-state index contributed by atoms with van der Waals surface area (Å²) in [7, 11) is 3.04. The molecule has 70 heavy (non-hydrogen) atoms. The number of amides is 3. The highest BCUT2D eigenvalue weighted by atomic mass is 32.1. The summed E-state index contributed by atoms with van der Waals surface area (Å²) in [5, 5.41) is 13.4. The number of anilines is 2. The average Bonchev–Trinajstić information content (AvgIpc) is 4.03. The minimum absolute atomic E-state index is 0.0401. The molecule has 0 saturated carbocycles. The molecule has 7 aromatic rings. The molecule has 2 fully saturated rings. The SMILES string of the molecule is COCCOC(=O)N1C(=O)C2(c3cc(C#Cc4ccc(OC)cc4)ccc31)C(C(=O)Nc1nc3ccccc3s1)C1C(=O)OC(c3ccccc3)C(c3ccccc3)N1C2c1ccccc1OCCO. The molecule has 15 heteroatoms.